The molecule has 0 saturated carbocycles. The van der Waals surface area contributed by atoms with E-state index in [4.69, 9.17) is 15.0 Å². The lowest BCUT2D eigenvalue weighted by molar-refractivity contribution is 0.629. The third-order valence-electron chi connectivity index (χ3n) is 10.7. The summed E-state index contributed by atoms with van der Waals surface area (Å²) in [6, 6.07) is 51.2. The first-order valence-electron chi connectivity index (χ1n) is 17.3. The fourth-order valence-corrected chi connectivity index (χ4v) is 8.62. The van der Waals surface area contributed by atoms with E-state index in [1.54, 1.807) is 6.07 Å². The van der Waals surface area contributed by atoms with E-state index >= 15 is 4.39 Å². The summed E-state index contributed by atoms with van der Waals surface area (Å²) < 4.78 is 21.5. The molecule has 0 fully saturated rings. The van der Waals surface area contributed by atoms with Crippen LogP contribution in [-0.4, -0.2) is 28.5 Å². The van der Waals surface area contributed by atoms with E-state index in [2.05, 4.69) is 112 Å². The van der Waals surface area contributed by atoms with Gasteiger partial charge in [-0.25, -0.2) is 4.39 Å². The predicted octanol–water partition coefficient (Wildman–Crippen LogP) is 11.0. The first kappa shape index (κ1) is 27.7. The highest BCUT2D eigenvalue weighted by molar-refractivity contribution is 6.25. The number of benzene rings is 7. The highest BCUT2D eigenvalue weighted by Gasteiger charge is 2.24. The number of aromatic nitrogens is 6. The zero-order valence-electron chi connectivity index (χ0n) is 27.5. The van der Waals surface area contributed by atoms with Crippen molar-refractivity contribution in [2.24, 2.45) is 0 Å². The molecule has 12 rings (SSSR count). The minimum Gasteiger partial charge on any atom is -0.307 e. The number of para-hydroxylation sites is 6. The van der Waals surface area contributed by atoms with Crippen LogP contribution in [0.25, 0.3) is 105 Å². The van der Waals surface area contributed by atoms with Gasteiger partial charge in [0, 0.05) is 48.7 Å². The van der Waals surface area contributed by atoms with Crippen molar-refractivity contribution in [3.8, 4) is 23.3 Å². The van der Waals surface area contributed by atoms with Gasteiger partial charge in [-0.2, -0.15) is 15.0 Å². The van der Waals surface area contributed by atoms with Gasteiger partial charge in [-0.15, -0.1) is 0 Å². The molecule has 0 radical (unpaired) electrons. The van der Waals surface area contributed by atoms with Crippen LogP contribution in [0.2, 0.25) is 0 Å². The van der Waals surface area contributed by atoms with Crippen molar-refractivity contribution in [1.82, 2.24) is 28.5 Å². The van der Waals surface area contributed by atoms with Crippen LogP contribution in [0, 0.1) is 5.82 Å². The van der Waals surface area contributed by atoms with Crippen LogP contribution >= 0.6 is 0 Å². The third-order valence-corrected chi connectivity index (χ3v) is 10.7. The first-order chi connectivity index (χ1) is 25.7. The largest absolute Gasteiger partial charge is 0.307 e. The summed E-state index contributed by atoms with van der Waals surface area (Å²) in [4.78, 5) is 15.9. The van der Waals surface area contributed by atoms with E-state index in [0.717, 1.165) is 60.1 Å². The van der Waals surface area contributed by atoms with Crippen molar-refractivity contribution < 1.29 is 4.39 Å². The Kier molecular flexibility index (Phi) is 5.32. The average molecular weight is 669 g/mol. The van der Waals surface area contributed by atoms with Crippen molar-refractivity contribution in [3.05, 3.63) is 157 Å². The quantitative estimate of drug-likeness (QED) is 0.188. The summed E-state index contributed by atoms with van der Waals surface area (Å²) in [7, 11) is 0. The van der Waals surface area contributed by atoms with Gasteiger partial charge in [0.05, 0.1) is 38.6 Å². The van der Waals surface area contributed by atoms with Crippen LogP contribution in [-0.2, 0) is 0 Å². The van der Waals surface area contributed by atoms with Crippen LogP contribution in [0.4, 0.5) is 4.39 Å². The number of rotatable bonds is 3. The minimum absolute atomic E-state index is 0.324. The number of nitrogens with zero attached hydrogens (tertiary/aromatic N) is 6. The standard InChI is InChI=1S/C45H25FN6/c46-26-23-24-31-29-13-3-7-21-38(29)51(40(31)25-26)45-48-43(47-44(49-45)50-36-19-5-1-11-27(36)28-12-2-6-20-37(28)50)35-18-10-17-34-33-16-9-15-32-30-14-4-8-22-39(30)52(41(32)33)42(34)35/h1-25H. The van der Waals surface area contributed by atoms with Gasteiger partial charge >= 0.3 is 0 Å². The number of hydrogen-bond acceptors (Lipinski definition) is 3. The molecule has 52 heavy (non-hydrogen) atoms. The summed E-state index contributed by atoms with van der Waals surface area (Å²) in [6.07, 6.45) is 0. The molecule has 5 heterocycles. The molecule has 0 aliphatic rings. The lowest BCUT2D eigenvalue weighted by Crippen LogP contribution is -2.10. The number of fused-ring (bicyclic) bond motifs is 12. The zero-order chi connectivity index (χ0) is 34.1. The van der Waals surface area contributed by atoms with Gasteiger partial charge in [0.2, 0.25) is 11.9 Å². The van der Waals surface area contributed by atoms with Crippen LogP contribution in [0.5, 0.6) is 0 Å². The lowest BCUT2D eigenvalue weighted by Gasteiger charge is -2.13. The molecule has 7 aromatic carbocycles. The fraction of sp³-hybridized carbons (Fsp3) is 0. The van der Waals surface area contributed by atoms with Crippen molar-refractivity contribution >= 4 is 81.7 Å². The normalized spacial score (nSPS) is 12.3. The average Bonchev–Trinajstić information content (AvgIpc) is 3.92. The van der Waals surface area contributed by atoms with Gasteiger partial charge in [-0.05, 0) is 48.5 Å². The van der Waals surface area contributed by atoms with Crippen molar-refractivity contribution in [3.63, 3.8) is 0 Å². The van der Waals surface area contributed by atoms with Crippen molar-refractivity contribution in [2.45, 2.75) is 0 Å². The van der Waals surface area contributed by atoms with E-state index in [1.165, 1.54) is 27.7 Å². The summed E-state index contributed by atoms with van der Waals surface area (Å²) in [5, 5.41) is 8.86. The van der Waals surface area contributed by atoms with Gasteiger partial charge in [0.1, 0.15) is 5.82 Å². The smallest absolute Gasteiger partial charge is 0.240 e. The second-order valence-electron chi connectivity index (χ2n) is 13.4. The fourth-order valence-electron chi connectivity index (χ4n) is 8.62. The van der Waals surface area contributed by atoms with E-state index in [0.29, 0.717) is 23.2 Å². The molecule has 6 nitrogen and oxygen atoms in total. The number of hydrogen-bond donors (Lipinski definition) is 0. The zero-order valence-corrected chi connectivity index (χ0v) is 27.5. The predicted molar refractivity (Wildman–Crippen MR) is 209 cm³/mol. The van der Waals surface area contributed by atoms with Gasteiger partial charge in [-0.3, -0.25) is 9.13 Å². The maximum atomic E-state index is 15.1. The molecular formula is C45H25FN6. The van der Waals surface area contributed by atoms with Gasteiger partial charge in [0.25, 0.3) is 0 Å². The molecule has 0 aliphatic carbocycles. The third kappa shape index (κ3) is 3.53. The maximum absolute atomic E-state index is 15.1. The Morgan fingerprint density at radius 2 is 0.808 bits per heavy atom. The molecular weight excluding hydrogens is 644 g/mol. The van der Waals surface area contributed by atoms with Crippen molar-refractivity contribution in [2.75, 3.05) is 0 Å². The SMILES string of the molecule is Fc1ccc2c3ccccc3n(-c3nc(-c4cccc5c6cccc7c8ccccc8n(c45)c76)nc(-n4c5ccccc5c5ccccc54)n3)c2c1. The monoisotopic (exact) mass is 668 g/mol. The van der Waals surface area contributed by atoms with Gasteiger partial charge in [-0.1, -0.05) is 103 Å². The Bertz CT molecular complexity index is 3390. The molecule has 0 spiro atoms. The highest BCUT2D eigenvalue weighted by Crippen LogP contribution is 2.42. The Balaban J connectivity index is 1.26. The summed E-state index contributed by atoms with van der Waals surface area (Å²) >= 11 is 0. The van der Waals surface area contributed by atoms with Crippen LogP contribution in [0.1, 0.15) is 0 Å². The lowest BCUT2D eigenvalue weighted by atomic mass is 10.1. The van der Waals surface area contributed by atoms with E-state index in [1.807, 2.05) is 41.0 Å². The molecule has 0 aliphatic heterocycles. The Hall–Kier alpha value is -7.12. The van der Waals surface area contributed by atoms with Gasteiger partial charge < -0.3 is 4.40 Å². The van der Waals surface area contributed by atoms with Crippen LogP contribution in [0.15, 0.2) is 152 Å². The second-order valence-corrected chi connectivity index (χ2v) is 13.4. The van der Waals surface area contributed by atoms with E-state index < -0.39 is 0 Å². The molecule has 242 valence electrons. The molecule has 0 atom stereocenters. The Morgan fingerprint density at radius 1 is 0.365 bits per heavy atom. The van der Waals surface area contributed by atoms with E-state index in [-0.39, 0.29) is 5.82 Å². The molecule has 0 N–H and O–H groups in total. The highest BCUT2D eigenvalue weighted by atomic mass is 19.1. The summed E-state index contributed by atoms with van der Waals surface area (Å²) in [5.41, 5.74) is 7.79. The molecule has 7 heteroatoms. The minimum atomic E-state index is -0.324. The number of halogens is 1. The summed E-state index contributed by atoms with van der Waals surface area (Å²) in [6.45, 7) is 0. The second kappa shape index (κ2) is 9.99. The first-order valence-corrected chi connectivity index (χ1v) is 17.3. The van der Waals surface area contributed by atoms with Crippen LogP contribution < -0.4 is 0 Å². The molecule has 0 saturated heterocycles. The Morgan fingerprint density at radius 3 is 1.42 bits per heavy atom. The van der Waals surface area contributed by atoms with Crippen LogP contribution in [0.3, 0.4) is 0 Å². The Labute approximate surface area is 294 Å². The summed E-state index contributed by atoms with van der Waals surface area (Å²) in [5.74, 6) is 1.10. The topological polar surface area (TPSA) is 52.9 Å². The van der Waals surface area contributed by atoms with Gasteiger partial charge in [0.15, 0.2) is 5.82 Å². The molecule has 0 unspecified atom stereocenters. The molecule has 0 amide bonds. The molecule has 5 aromatic heterocycles. The van der Waals surface area contributed by atoms with E-state index in [9.17, 15) is 0 Å². The molecule has 12 aromatic rings. The van der Waals surface area contributed by atoms with Crippen molar-refractivity contribution in [1.29, 1.82) is 0 Å². The molecule has 0 bridgehead atoms. The maximum Gasteiger partial charge on any atom is 0.240 e.